The fourth-order valence-electron chi connectivity index (χ4n) is 1.66. The maximum absolute atomic E-state index is 8.25. The van der Waals surface area contributed by atoms with Crippen molar-refractivity contribution in [1.82, 2.24) is 0 Å². The Morgan fingerprint density at radius 1 is 0.895 bits per heavy atom. The lowest BCUT2D eigenvalue weighted by molar-refractivity contribution is -0.157. The van der Waals surface area contributed by atoms with Gasteiger partial charge in [0.25, 0.3) is 0 Å². The Balaban J connectivity index is 1.92. The summed E-state index contributed by atoms with van der Waals surface area (Å²) in [6, 6.07) is 19.4. The van der Waals surface area contributed by atoms with Crippen LogP contribution in [-0.2, 0) is 22.7 Å². The molecule has 2 nitrogen and oxygen atoms in total. The van der Waals surface area contributed by atoms with E-state index < -0.39 is 6.27 Å². The molecule has 0 fully saturated rings. The predicted molar refractivity (Wildman–Crippen MR) is 76.5 cm³/mol. The third kappa shape index (κ3) is 4.86. The number of benzene rings is 2. The lowest BCUT2D eigenvalue weighted by Crippen LogP contribution is -2.16. The van der Waals surface area contributed by atoms with E-state index in [9.17, 15) is 0 Å². The van der Waals surface area contributed by atoms with Crippen LogP contribution >= 0.6 is 0 Å². The molecule has 0 bridgehead atoms. The van der Waals surface area contributed by atoms with E-state index in [0.717, 1.165) is 11.1 Å². The fourth-order valence-corrected chi connectivity index (χ4v) is 1.66. The van der Waals surface area contributed by atoms with Crippen LogP contribution in [0.3, 0.4) is 0 Å². The van der Waals surface area contributed by atoms with Crippen molar-refractivity contribution in [2.24, 2.45) is 0 Å². The van der Waals surface area contributed by atoms with Crippen molar-refractivity contribution < 1.29 is 12.2 Å². The minimum Gasteiger partial charge on any atom is -0.348 e. The van der Waals surface area contributed by atoms with Gasteiger partial charge in [0.15, 0.2) is 6.27 Å². The molecule has 0 amide bonds. The summed E-state index contributed by atoms with van der Waals surface area (Å²) in [5, 5.41) is 0. The van der Waals surface area contributed by atoms with Crippen molar-refractivity contribution in [2.75, 3.05) is 0 Å². The van der Waals surface area contributed by atoms with E-state index in [2.05, 4.69) is 0 Å². The normalized spacial score (nSPS) is 12.8. The van der Waals surface area contributed by atoms with E-state index in [1.165, 1.54) is 0 Å². The molecule has 0 atom stereocenters. The predicted octanol–water partition coefficient (Wildman–Crippen LogP) is 4.16. The van der Waals surface area contributed by atoms with Gasteiger partial charge in [0.1, 0.15) is 0 Å². The third-order valence-electron chi connectivity index (χ3n) is 2.69. The van der Waals surface area contributed by atoms with Gasteiger partial charge < -0.3 is 9.47 Å². The molecule has 2 rings (SSSR count). The topological polar surface area (TPSA) is 18.5 Å². The fraction of sp³-hybridized carbons (Fsp3) is 0.294. The van der Waals surface area contributed by atoms with Gasteiger partial charge in [0.05, 0.1) is 14.6 Å². The summed E-state index contributed by atoms with van der Waals surface area (Å²) in [4.78, 5) is 0. The van der Waals surface area contributed by atoms with E-state index in [0.29, 0.717) is 13.2 Å². The zero-order valence-corrected chi connectivity index (χ0v) is 10.9. The first kappa shape index (κ1) is 11.2. The van der Waals surface area contributed by atoms with Gasteiger partial charge >= 0.3 is 0 Å². The van der Waals surface area contributed by atoms with Crippen LogP contribution in [0.4, 0.5) is 0 Å². The molecule has 100 valence electrons. The molecule has 2 aromatic rings. The smallest absolute Gasteiger partial charge is 0.158 e. The van der Waals surface area contributed by atoms with Gasteiger partial charge in [0.2, 0.25) is 0 Å². The number of hydrogen-bond donors (Lipinski definition) is 0. The quantitative estimate of drug-likeness (QED) is 0.694. The van der Waals surface area contributed by atoms with Gasteiger partial charge in [-0.25, -0.2) is 0 Å². The van der Waals surface area contributed by atoms with Gasteiger partial charge in [0, 0.05) is 1.37 Å². The minimum atomic E-state index is -1.48. The monoisotopic (exact) mass is 258 g/mol. The van der Waals surface area contributed by atoms with Crippen LogP contribution in [0.25, 0.3) is 0 Å². The first-order valence-corrected chi connectivity index (χ1v) is 6.37. The molecule has 0 heterocycles. The van der Waals surface area contributed by atoms with Crippen LogP contribution in [0.15, 0.2) is 60.7 Å². The highest BCUT2D eigenvalue weighted by Gasteiger charge is 2.07. The Hall–Kier alpha value is -1.64. The number of hydrogen-bond acceptors (Lipinski definition) is 2. The Morgan fingerprint density at radius 2 is 1.37 bits per heavy atom. The zero-order chi connectivity index (χ0) is 15.0. The van der Waals surface area contributed by atoms with Gasteiger partial charge in [-0.15, -0.1) is 0 Å². The Morgan fingerprint density at radius 3 is 1.79 bits per heavy atom. The zero-order valence-electron chi connectivity index (χ0n) is 12.9. The van der Waals surface area contributed by atoms with E-state index in [1.54, 1.807) is 0 Å². The second-order valence-corrected chi connectivity index (χ2v) is 4.17. The summed E-state index contributed by atoms with van der Waals surface area (Å²) in [7, 11) is 0. The van der Waals surface area contributed by atoms with Crippen LogP contribution in [-0.4, -0.2) is 6.27 Å². The van der Waals surface area contributed by atoms with Crippen molar-refractivity contribution in [3.05, 3.63) is 71.8 Å². The van der Waals surface area contributed by atoms with Gasteiger partial charge in [-0.2, -0.15) is 0 Å². The van der Waals surface area contributed by atoms with E-state index >= 15 is 0 Å². The van der Waals surface area contributed by atoms with Crippen LogP contribution in [0, 0.1) is 0 Å². The molecule has 0 unspecified atom stereocenters. The van der Waals surface area contributed by atoms with Crippen LogP contribution in [0.2, 0.25) is 0 Å². The number of ether oxygens (including phenoxy) is 2. The summed E-state index contributed by atoms with van der Waals surface area (Å²) in [5.41, 5.74) is 1.98. The van der Waals surface area contributed by atoms with Crippen LogP contribution in [0.1, 0.15) is 27.2 Å². The lowest BCUT2D eigenvalue weighted by atomic mass is 10.2. The van der Waals surface area contributed by atoms with Crippen molar-refractivity contribution in [3.63, 3.8) is 0 Å². The number of rotatable bonds is 7. The molecule has 2 aromatic carbocycles. The largest absolute Gasteiger partial charge is 0.348 e. The molecule has 0 N–H and O–H groups in total. The summed E-state index contributed by atoms with van der Waals surface area (Å²) in [5.74, 6) is 0. The van der Waals surface area contributed by atoms with Gasteiger partial charge in [-0.3, -0.25) is 0 Å². The Bertz CT molecular complexity index is 473. The van der Waals surface area contributed by atoms with Crippen molar-refractivity contribution >= 4 is 0 Å². The highest BCUT2D eigenvalue weighted by molar-refractivity contribution is 5.14. The highest BCUT2D eigenvalue weighted by atomic mass is 16.7. The molecular weight excluding hydrogens is 236 g/mol. The van der Waals surface area contributed by atoms with Crippen LogP contribution < -0.4 is 0 Å². The summed E-state index contributed by atoms with van der Waals surface area (Å²) in [6.45, 7) is 0.700. The summed E-state index contributed by atoms with van der Waals surface area (Å²) in [6.07, 6.45) is -1.26. The summed E-state index contributed by atoms with van der Waals surface area (Å²) < 4.78 is 26.8. The highest BCUT2D eigenvalue weighted by Crippen LogP contribution is 2.10. The molecular formula is C17H20O2. The van der Waals surface area contributed by atoms with Crippen molar-refractivity contribution in [2.45, 2.75) is 32.8 Å². The van der Waals surface area contributed by atoms with Crippen molar-refractivity contribution in [1.29, 1.82) is 0 Å². The molecule has 0 aliphatic carbocycles. The molecule has 2 heteroatoms. The molecule has 0 aliphatic heterocycles. The standard InChI is InChI=1S/C17H20O2/c1-2-17(18-13-15-9-5-3-6-10-15)19-14-16-11-7-4-8-12-16/h3-12,17H,2,13-14H2,1H3/i1D,17D. The maximum Gasteiger partial charge on any atom is 0.158 e. The first-order valence-electron chi connectivity index (χ1n) is 7.57. The molecule has 0 aliphatic rings. The van der Waals surface area contributed by atoms with Crippen LogP contribution in [0.5, 0.6) is 0 Å². The second-order valence-electron chi connectivity index (χ2n) is 4.17. The average Bonchev–Trinajstić information content (AvgIpc) is 2.54. The third-order valence-corrected chi connectivity index (χ3v) is 2.69. The van der Waals surface area contributed by atoms with E-state index in [1.807, 2.05) is 60.7 Å². The lowest BCUT2D eigenvalue weighted by Gasteiger charge is -2.17. The van der Waals surface area contributed by atoms with Crippen molar-refractivity contribution in [3.8, 4) is 0 Å². The molecule has 0 saturated carbocycles. The second kappa shape index (κ2) is 7.72. The molecule has 0 saturated heterocycles. The Kier molecular flexibility index (Phi) is 4.55. The van der Waals surface area contributed by atoms with Gasteiger partial charge in [-0.05, 0) is 17.5 Å². The molecule has 0 aromatic heterocycles. The average molecular weight is 258 g/mol. The molecule has 0 spiro atoms. The maximum atomic E-state index is 8.25. The van der Waals surface area contributed by atoms with E-state index in [4.69, 9.17) is 12.2 Å². The SMILES string of the molecule is [2H]CCC([2H])(OCc1ccccc1)OCc1ccccc1. The van der Waals surface area contributed by atoms with E-state index in [-0.39, 0.29) is 13.3 Å². The molecule has 0 radical (unpaired) electrons. The van der Waals surface area contributed by atoms with Gasteiger partial charge in [-0.1, -0.05) is 67.6 Å². The molecule has 19 heavy (non-hydrogen) atoms. The first-order chi connectivity index (χ1) is 10.2. The Labute approximate surface area is 117 Å². The summed E-state index contributed by atoms with van der Waals surface area (Å²) >= 11 is 0. The minimum absolute atomic E-state index is 0.0904.